The highest BCUT2D eigenvalue weighted by molar-refractivity contribution is 5.95. The van der Waals surface area contributed by atoms with Crippen LogP contribution in [0.5, 0.6) is 0 Å². The molecule has 2 aromatic rings. The van der Waals surface area contributed by atoms with Crippen LogP contribution in [-0.4, -0.2) is 25.5 Å². The van der Waals surface area contributed by atoms with Crippen LogP contribution in [-0.2, 0) is 13.5 Å². The predicted molar refractivity (Wildman–Crippen MR) is 67.4 cm³/mol. The van der Waals surface area contributed by atoms with Crippen molar-refractivity contribution in [1.82, 2.24) is 19.7 Å². The van der Waals surface area contributed by atoms with Gasteiger partial charge in [0, 0.05) is 31.6 Å². The summed E-state index contributed by atoms with van der Waals surface area (Å²) >= 11 is 0. The SMILES string of the molecule is Cc1nn(C)c(C)c1CCC(=O)c1cncnc1. The lowest BCUT2D eigenvalue weighted by Gasteiger charge is -2.02. The zero-order valence-electron chi connectivity index (χ0n) is 10.8. The monoisotopic (exact) mass is 244 g/mol. The summed E-state index contributed by atoms with van der Waals surface area (Å²) in [6.07, 6.45) is 5.70. The van der Waals surface area contributed by atoms with Gasteiger partial charge < -0.3 is 0 Å². The Balaban J connectivity index is 2.06. The first-order valence-corrected chi connectivity index (χ1v) is 5.87. The van der Waals surface area contributed by atoms with Gasteiger partial charge in [0.15, 0.2) is 5.78 Å². The lowest BCUT2D eigenvalue weighted by molar-refractivity contribution is 0.0982. The second-order valence-electron chi connectivity index (χ2n) is 4.32. The van der Waals surface area contributed by atoms with Crippen molar-refractivity contribution in [3.8, 4) is 0 Å². The molecule has 0 fully saturated rings. The normalized spacial score (nSPS) is 10.6. The molecule has 0 saturated carbocycles. The maximum absolute atomic E-state index is 11.9. The number of hydrogen-bond donors (Lipinski definition) is 0. The van der Waals surface area contributed by atoms with Crippen LogP contribution < -0.4 is 0 Å². The van der Waals surface area contributed by atoms with Crippen LogP contribution >= 0.6 is 0 Å². The number of hydrogen-bond acceptors (Lipinski definition) is 4. The topological polar surface area (TPSA) is 60.7 Å². The third kappa shape index (κ3) is 2.45. The second-order valence-corrected chi connectivity index (χ2v) is 4.32. The van der Waals surface area contributed by atoms with E-state index in [4.69, 9.17) is 0 Å². The van der Waals surface area contributed by atoms with Gasteiger partial charge in [0.25, 0.3) is 0 Å². The Hall–Kier alpha value is -2.04. The Labute approximate surface area is 106 Å². The summed E-state index contributed by atoms with van der Waals surface area (Å²) < 4.78 is 1.85. The summed E-state index contributed by atoms with van der Waals surface area (Å²) in [7, 11) is 1.92. The second kappa shape index (κ2) is 5.08. The minimum Gasteiger partial charge on any atom is -0.294 e. The van der Waals surface area contributed by atoms with E-state index >= 15 is 0 Å². The van der Waals surface area contributed by atoms with E-state index in [1.165, 1.54) is 6.33 Å². The molecular weight excluding hydrogens is 228 g/mol. The molecule has 5 heteroatoms. The molecule has 0 aliphatic rings. The molecule has 0 atom stereocenters. The van der Waals surface area contributed by atoms with E-state index in [2.05, 4.69) is 15.1 Å². The first-order chi connectivity index (χ1) is 8.59. The average Bonchev–Trinajstić information content (AvgIpc) is 2.62. The van der Waals surface area contributed by atoms with Crippen LogP contribution in [0.1, 0.15) is 33.7 Å². The fourth-order valence-corrected chi connectivity index (χ4v) is 2.01. The Morgan fingerprint density at radius 2 is 1.94 bits per heavy atom. The third-order valence-corrected chi connectivity index (χ3v) is 3.14. The van der Waals surface area contributed by atoms with Crippen molar-refractivity contribution in [3.05, 3.63) is 41.2 Å². The van der Waals surface area contributed by atoms with Gasteiger partial charge in [0.2, 0.25) is 0 Å². The molecular formula is C13H16N4O. The first kappa shape index (κ1) is 12.4. The minimum atomic E-state index is 0.0678. The smallest absolute Gasteiger partial charge is 0.166 e. The van der Waals surface area contributed by atoms with Crippen molar-refractivity contribution in [2.45, 2.75) is 26.7 Å². The molecule has 0 aliphatic carbocycles. The van der Waals surface area contributed by atoms with Gasteiger partial charge in [-0.2, -0.15) is 5.10 Å². The van der Waals surface area contributed by atoms with E-state index in [0.29, 0.717) is 18.4 Å². The van der Waals surface area contributed by atoms with Gasteiger partial charge in [-0.25, -0.2) is 9.97 Å². The van der Waals surface area contributed by atoms with Gasteiger partial charge in [-0.05, 0) is 25.8 Å². The number of Topliss-reactive ketones (excluding diaryl/α,β-unsaturated/α-hetero) is 1. The van der Waals surface area contributed by atoms with Crippen LogP contribution in [0.25, 0.3) is 0 Å². The molecule has 2 rings (SSSR count). The average molecular weight is 244 g/mol. The zero-order valence-corrected chi connectivity index (χ0v) is 10.8. The molecule has 0 aromatic carbocycles. The van der Waals surface area contributed by atoms with Crippen LogP contribution in [0.2, 0.25) is 0 Å². The van der Waals surface area contributed by atoms with E-state index in [0.717, 1.165) is 17.0 Å². The fourth-order valence-electron chi connectivity index (χ4n) is 2.01. The highest BCUT2D eigenvalue weighted by atomic mass is 16.1. The highest BCUT2D eigenvalue weighted by Crippen LogP contribution is 2.15. The summed E-state index contributed by atoms with van der Waals surface area (Å²) in [6, 6.07) is 0. The molecule has 0 unspecified atom stereocenters. The fraction of sp³-hybridized carbons (Fsp3) is 0.385. The van der Waals surface area contributed by atoms with Crippen LogP contribution in [0.3, 0.4) is 0 Å². The van der Waals surface area contributed by atoms with Crippen LogP contribution in [0, 0.1) is 13.8 Å². The summed E-state index contributed by atoms with van der Waals surface area (Å²) in [5, 5.41) is 4.34. The largest absolute Gasteiger partial charge is 0.294 e. The van der Waals surface area contributed by atoms with Crippen molar-refractivity contribution in [1.29, 1.82) is 0 Å². The molecule has 0 N–H and O–H groups in total. The molecule has 0 spiro atoms. The number of rotatable bonds is 4. The molecule has 18 heavy (non-hydrogen) atoms. The molecule has 0 bridgehead atoms. The van der Waals surface area contributed by atoms with Gasteiger partial charge in [-0.15, -0.1) is 0 Å². The Morgan fingerprint density at radius 1 is 1.28 bits per heavy atom. The van der Waals surface area contributed by atoms with Gasteiger partial charge in [-0.3, -0.25) is 9.48 Å². The lowest BCUT2D eigenvalue weighted by Crippen LogP contribution is -2.03. The number of ketones is 1. The molecule has 2 aromatic heterocycles. The predicted octanol–water partition coefficient (Wildman–Crippen LogP) is 1.64. The molecule has 94 valence electrons. The number of carbonyl (C=O) groups excluding carboxylic acids is 1. The van der Waals surface area contributed by atoms with Crippen molar-refractivity contribution in [2.24, 2.45) is 7.05 Å². The van der Waals surface area contributed by atoms with E-state index < -0.39 is 0 Å². The van der Waals surface area contributed by atoms with Gasteiger partial charge in [0.1, 0.15) is 6.33 Å². The molecule has 0 radical (unpaired) electrons. The molecule has 2 heterocycles. The van der Waals surface area contributed by atoms with Crippen molar-refractivity contribution >= 4 is 5.78 Å². The molecule has 0 amide bonds. The van der Waals surface area contributed by atoms with Crippen LogP contribution in [0.15, 0.2) is 18.7 Å². The molecule has 0 saturated heterocycles. The number of carbonyl (C=O) groups is 1. The summed E-state index contributed by atoms with van der Waals surface area (Å²) in [6.45, 7) is 3.99. The maximum atomic E-state index is 11.9. The summed E-state index contributed by atoms with van der Waals surface area (Å²) in [5.74, 6) is 0.0678. The van der Waals surface area contributed by atoms with Gasteiger partial charge in [-0.1, -0.05) is 0 Å². The Morgan fingerprint density at radius 3 is 2.50 bits per heavy atom. The Kier molecular flexibility index (Phi) is 3.50. The quantitative estimate of drug-likeness (QED) is 0.767. The van der Waals surface area contributed by atoms with Crippen LogP contribution in [0.4, 0.5) is 0 Å². The molecule has 0 aliphatic heterocycles. The summed E-state index contributed by atoms with van der Waals surface area (Å²) in [4.78, 5) is 19.6. The van der Waals surface area contributed by atoms with Gasteiger partial charge >= 0.3 is 0 Å². The van der Waals surface area contributed by atoms with E-state index in [1.807, 2.05) is 25.6 Å². The number of aryl methyl sites for hydroxylation is 2. The van der Waals surface area contributed by atoms with E-state index in [9.17, 15) is 4.79 Å². The van der Waals surface area contributed by atoms with E-state index in [1.54, 1.807) is 12.4 Å². The minimum absolute atomic E-state index is 0.0678. The maximum Gasteiger partial charge on any atom is 0.166 e. The number of aromatic nitrogens is 4. The lowest BCUT2D eigenvalue weighted by atomic mass is 10.0. The highest BCUT2D eigenvalue weighted by Gasteiger charge is 2.12. The summed E-state index contributed by atoms with van der Waals surface area (Å²) in [5.41, 5.74) is 3.83. The van der Waals surface area contributed by atoms with Crippen molar-refractivity contribution in [2.75, 3.05) is 0 Å². The number of nitrogens with zero attached hydrogens (tertiary/aromatic N) is 4. The van der Waals surface area contributed by atoms with Crippen molar-refractivity contribution in [3.63, 3.8) is 0 Å². The molecule has 5 nitrogen and oxygen atoms in total. The standard InChI is InChI=1S/C13H16N4O/c1-9-12(10(2)17(3)16-9)4-5-13(18)11-6-14-8-15-7-11/h6-8H,4-5H2,1-3H3. The Bertz CT molecular complexity index is 560. The van der Waals surface area contributed by atoms with Crippen molar-refractivity contribution < 1.29 is 4.79 Å². The van der Waals surface area contributed by atoms with E-state index in [-0.39, 0.29) is 5.78 Å². The zero-order chi connectivity index (χ0) is 13.1. The van der Waals surface area contributed by atoms with Gasteiger partial charge in [0.05, 0.1) is 11.3 Å². The third-order valence-electron chi connectivity index (χ3n) is 3.14. The first-order valence-electron chi connectivity index (χ1n) is 5.87.